The fourth-order valence-corrected chi connectivity index (χ4v) is 3.71. The predicted molar refractivity (Wildman–Crippen MR) is 101 cm³/mol. The number of benzene rings is 1. The SMILES string of the molecule is C[C@@](C#N)(NC(=O)C[NH+]1CC[NH+](C/C=C/c2ccccc2)CC1)C1CC1. The van der Waals surface area contributed by atoms with Gasteiger partial charge in [0.1, 0.15) is 31.7 Å². The molecular formula is C21H30N4O+2. The molecule has 0 aromatic heterocycles. The zero-order valence-electron chi connectivity index (χ0n) is 15.6. The van der Waals surface area contributed by atoms with Crippen molar-refractivity contribution in [3.8, 4) is 6.07 Å². The van der Waals surface area contributed by atoms with Crippen LogP contribution in [0.3, 0.4) is 0 Å². The van der Waals surface area contributed by atoms with E-state index in [1.54, 1.807) is 4.90 Å². The highest BCUT2D eigenvalue weighted by molar-refractivity contribution is 5.78. The van der Waals surface area contributed by atoms with E-state index in [2.05, 4.69) is 47.8 Å². The van der Waals surface area contributed by atoms with Gasteiger partial charge < -0.3 is 15.1 Å². The second-order valence-corrected chi connectivity index (χ2v) is 7.83. The molecule has 1 amide bonds. The average Bonchev–Trinajstić information content (AvgIpc) is 3.50. The van der Waals surface area contributed by atoms with Gasteiger partial charge in [-0.1, -0.05) is 36.4 Å². The van der Waals surface area contributed by atoms with E-state index in [9.17, 15) is 10.1 Å². The van der Waals surface area contributed by atoms with Gasteiger partial charge >= 0.3 is 0 Å². The Morgan fingerprint density at radius 1 is 1.23 bits per heavy atom. The number of hydrogen-bond acceptors (Lipinski definition) is 2. The zero-order valence-corrected chi connectivity index (χ0v) is 15.6. The van der Waals surface area contributed by atoms with Gasteiger partial charge in [-0.05, 0) is 37.3 Å². The van der Waals surface area contributed by atoms with Crippen LogP contribution < -0.4 is 15.1 Å². The molecule has 5 heteroatoms. The zero-order chi connectivity index (χ0) is 18.4. The minimum Gasteiger partial charge on any atom is -0.333 e. The number of nitrogens with one attached hydrogen (secondary N) is 3. The van der Waals surface area contributed by atoms with Crippen LogP contribution in [-0.2, 0) is 4.79 Å². The van der Waals surface area contributed by atoms with Crippen molar-refractivity contribution >= 4 is 12.0 Å². The van der Waals surface area contributed by atoms with Crippen LogP contribution in [0.15, 0.2) is 36.4 Å². The van der Waals surface area contributed by atoms with Crippen LogP contribution in [0.4, 0.5) is 0 Å². The summed E-state index contributed by atoms with van der Waals surface area (Å²) in [7, 11) is 0. The highest BCUT2D eigenvalue weighted by Gasteiger charge is 2.43. The molecule has 26 heavy (non-hydrogen) atoms. The average molecular weight is 354 g/mol. The Labute approximate surface area is 156 Å². The molecule has 2 fully saturated rings. The minimum absolute atomic E-state index is 0.0170. The lowest BCUT2D eigenvalue weighted by Crippen LogP contribution is -3.28. The van der Waals surface area contributed by atoms with E-state index in [1.165, 1.54) is 10.5 Å². The van der Waals surface area contributed by atoms with E-state index in [4.69, 9.17) is 0 Å². The Morgan fingerprint density at radius 2 is 1.88 bits per heavy atom. The third-order valence-electron chi connectivity index (χ3n) is 5.62. The largest absolute Gasteiger partial charge is 0.333 e. The second-order valence-electron chi connectivity index (χ2n) is 7.83. The molecular weight excluding hydrogens is 324 g/mol. The fourth-order valence-electron chi connectivity index (χ4n) is 3.71. The Bertz CT molecular complexity index is 669. The highest BCUT2D eigenvalue weighted by atomic mass is 16.2. The van der Waals surface area contributed by atoms with Crippen LogP contribution in [-0.4, -0.2) is 50.7 Å². The molecule has 3 rings (SSSR count). The van der Waals surface area contributed by atoms with Gasteiger partial charge in [-0.3, -0.25) is 4.79 Å². The number of rotatable bonds is 7. The number of carbonyl (C=O) groups excluding carboxylic acids is 1. The summed E-state index contributed by atoms with van der Waals surface area (Å²) < 4.78 is 0. The maximum atomic E-state index is 12.3. The standard InChI is InChI=1S/C21H28N4O/c1-21(17-22,19-9-10-19)23-20(26)16-25-14-12-24(13-15-25)11-5-8-18-6-3-2-4-7-18/h2-8,19H,9-16H2,1H3,(H,23,26)/p+2/b8-5+/t21-/m0/s1. The van der Waals surface area contributed by atoms with Gasteiger partial charge in [0.15, 0.2) is 6.54 Å². The lowest BCUT2D eigenvalue weighted by atomic mass is 9.98. The highest BCUT2D eigenvalue weighted by Crippen LogP contribution is 2.39. The molecule has 0 radical (unpaired) electrons. The van der Waals surface area contributed by atoms with Gasteiger partial charge in [0.2, 0.25) is 0 Å². The Morgan fingerprint density at radius 3 is 2.50 bits per heavy atom. The third-order valence-corrected chi connectivity index (χ3v) is 5.62. The first-order chi connectivity index (χ1) is 12.6. The number of hydrogen-bond donors (Lipinski definition) is 3. The molecule has 1 saturated carbocycles. The van der Waals surface area contributed by atoms with Crippen molar-refractivity contribution in [3.05, 3.63) is 42.0 Å². The maximum Gasteiger partial charge on any atom is 0.276 e. The summed E-state index contributed by atoms with van der Waals surface area (Å²) in [6, 6.07) is 12.7. The van der Waals surface area contributed by atoms with Gasteiger partial charge in [-0.2, -0.15) is 5.26 Å². The smallest absolute Gasteiger partial charge is 0.276 e. The molecule has 1 aromatic carbocycles. The number of nitrogens with zero attached hydrogens (tertiary/aromatic N) is 1. The van der Waals surface area contributed by atoms with Crippen molar-refractivity contribution in [2.45, 2.75) is 25.3 Å². The molecule has 3 N–H and O–H groups in total. The summed E-state index contributed by atoms with van der Waals surface area (Å²) in [5, 5.41) is 12.3. The second kappa shape index (κ2) is 8.48. The van der Waals surface area contributed by atoms with E-state index in [1.807, 2.05) is 13.0 Å². The van der Waals surface area contributed by atoms with Crippen molar-refractivity contribution < 1.29 is 14.6 Å². The van der Waals surface area contributed by atoms with Gasteiger partial charge in [0.05, 0.1) is 12.6 Å². The molecule has 1 aliphatic heterocycles. The van der Waals surface area contributed by atoms with Crippen molar-refractivity contribution in [1.82, 2.24) is 5.32 Å². The first kappa shape index (κ1) is 18.6. The molecule has 2 aliphatic rings. The van der Waals surface area contributed by atoms with E-state index in [-0.39, 0.29) is 5.91 Å². The van der Waals surface area contributed by atoms with Crippen LogP contribution in [0.5, 0.6) is 0 Å². The van der Waals surface area contributed by atoms with Crippen LogP contribution in [0, 0.1) is 17.2 Å². The summed E-state index contributed by atoms with van der Waals surface area (Å²) in [6.45, 7) is 7.56. The monoisotopic (exact) mass is 354 g/mol. The first-order valence-electron chi connectivity index (χ1n) is 9.70. The molecule has 5 nitrogen and oxygen atoms in total. The molecule has 0 unspecified atom stereocenters. The van der Waals surface area contributed by atoms with Crippen LogP contribution in [0.2, 0.25) is 0 Å². The number of carbonyl (C=O) groups is 1. The fraction of sp³-hybridized carbons (Fsp3) is 0.524. The van der Waals surface area contributed by atoms with Gasteiger partial charge in [0.25, 0.3) is 5.91 Å². The van der Waals surface area contributed by atoms with Crippen LogP contribution in [0.25, 0.3) is 6.08 Å². The van der Waals surface area contributed by atoms with E-state index in [0.29, 0.717) is 12.5 Å². The summed E-state index contributed by atoms with van der Waals surface area (Å²) in [6.07, 6.45) is 6.53. The molecule has 1 atom stereocenters. The lowest BCUT2D eigenvalue weighted by Gasteiger charge is -2.30. The van der Waals surface area contributed by atoms with Crippen molar-refractivity contribution in [1.29, 1.82) is 5.26 Å². The Kier molecular flexibility index (Phi) is 6.08. The van der Waals surface area contributed by atoms with E-state index < -0.39 is 5.54 Å². The van der Waals surface area contributed by atoms with Crippen LogP contribution >= 0.6 is 0 Å². The van der Waals surface area contributed by atoms with Gasteiger partial charge in [-0.15, -0.1) is 0 Å². The predicted octanol–water partition coefficient (Wildman–Crippen LogP) is -0.708. The van der Waals surface area contributed by atoms with Gasteiger partial charge in [-0.25, -0.2) is 0 Å². The summed E-state index contributed by atoms with van der Waals surface area (Å²) in [5.41, 5.74) is 0.565. The molecule has 1 heterocycles. The van der Waals surface area contributed by atoms with E-state index in [0.717, 1.165) is 45.6 Å². The number of quaternary nitrogens is 2. The number of nitriles is 1. The normalized spacial score (nSPS) is 25.4. The molecule has 1 aliphatic carbocycles. The summed E-state index contributed by atoms with van der Waals surface area (Å²) in [5.74, 6) is 0.354. The summed E-state index contributed by atoms with van der Waals surface area (Å²) in [4.78, 5) is 15.2. The van der Waals surface area contributed by atoms with Gasteiger partial charge in [0, 0.05) is 0 Å². The quantitative estimate of drug-likeness (QED) is 0.606. The van der Waals surface area contributed by atoms with Crippen molar-refractivity contribution in [2.75, 3.05) is 39.3 Å². The molecule has 1 saturated heterocycles. The Balaban J connectivity index is 1.38. The Hall–Kier alpha value is -2.16. The minimum atomic E-state index is -0.675. The summed E-state index contributed by atoms with van der Waals surface area (Å²) >= 11 is 0. The first-order valence-corrected chi connectivity index (χ1v) is 9.70. The molecule has 138 valence electrons. The van der Waals surface area contributed by atoms with Crippen molar-refractivity contribution in [2.24, 2.45) is 5.92 Å². The topological polar surface area (TPSA) is 61.8 Å². The van der Waals surface area contributed by atoms with E-state index >= 15 is 0 Å². The van der Waals surface area contributed by atoms with Crippen LogP contribution in [0.1, 0.15) is 25.3 Å². The number of amides is 1. The van der Waals surface area contributed by atoms with Crippen molar-refractivity contribution in [3.63, 3.8) is 0 Å². The lowest BCUT2D eigenvalue weighted by molar-refractivity contribution is -1.01. The molecule has 0 bridgehead atoms. The third kappa shape index (κ3) is 5.17. The molecule has 0 spiro atoms. The number of piperazine rings is 1. The maximum absolute atomic E-state index is 12.3. The molecule has 1 aromatic rings.